The lowest BCUT2D eigenvalue weighted by Crippen LogP contribution is -2.47. The van der Waals surface area contributed by atoms with Crippen LogP contribution in [0.5, 0.6) is 17.2 Å². The zero-order valence-corrected chi connectivity index (χ0v) is 18.2. The van der Waals surface area contributed by atoms with Crippen LogP contribution in [0.4, 0.5) is 0 Å². The van der Waals surface area contributed by atoms with Gasteiger partial charge in [0.1, 0.15) is 0 Å². The molecule has 0 bridgehead atoms. The third-order valence-corrected chi connectivity index (χ3v) is 5.44. The van der Waals surface area contributed by atoms with Crippen LogP contribution in [-0.2, 0) is 11.3 Å². The Bertz CT molecular complexity index is 877. The van der Waals surface area contributed by atoms with Crippen LogP contribution in [0.3, 0.4) is 0 Å². The topological polar surface area (TPSA) is 51.2 Å². The minimum absolute atomic E-state index is 0.0132. The summed E-state index contributed by atoms with van der Waals surface area (Å²) in [5, 5.41) is 0. The van der Waals surface area contributed by atoms with E-state index in [1.165, 1.54) is 11.1 Å². The lowest BCUT2D eigenvalue weighted by Gasteiger charge is -2.34. The Morgan fingerprint density at radius 3 is 2.17 bits per heavy atom. The van der Waals surface area contributed by atoms with Gasteiger partial charge in [0.2, 0.25) is 11.7 Å². The average molecular weight is 411 g/mol. The van der Waals surface area contributed by atoms with Crippen LogP contribution in [0.1, 0.15) is 16.7 Å². The predicted molar refractivity (Wildman–Crippen MR) is 118 cm³/mol. The first-order valence-corrected chi connectivity index (χ1v) is 10.1. The van der Waals surface area contributed by atoms with Gasteiger partial charge in [-0.25, -0.2) is 0 Å². The fourth-order valence-electron chi connectivity index (χ4n) is 3.63. The summed E-state index contributed by atoms with van der Waals surface area (Å²) in [7, 11) is 4.72. The summed E-state index contributed by atoms with van der Waals surface area (Å²) in [6.07, 6.45) is 3.39. The van der Waals surface area contributed by atoms with Crippen molar-refractivity contribution in [2.75, 3.05) is 47.5 Å². The molecule has 0 N–H and O–H groups in total. The van der Waals surface area contributed by atoms with Crippen LogP contribution in [0.2, 0.25) is 0 Å². The Balaban J connectivity index is 1.59. The zero-order chi connectivity index (χ0) is 21.5. The predicted octanol–water partition coefficient (Wildman–Crippen LogP) is 3.38. The largest absolute Gasteiger partial charge is 0.493 e. The molecule has 3 rings (SSSR count). The van der Waals surface area contributed by atoms with Gasteiger partial charge in [-0.05, 0) is 41.8 Å². The number of ether oxygens (including phenoxy) is 3. The van der Waals surface area contributed by atoms with E-state index >= 15 is 0 Å². The molecule has 0 aromatic heterocycles. The molecule has 6 nitrogen and oxygen atoms in total. The smallest absolute Gasteiger partial charge is 0.246 e. The number of hydrogen-bond acceptors (Lipinski definition) is 5. The van der Waals surface area contributed by atoms with Crippen LogP contribution in [0, 0.1) is 6.92 Å². The van der Waals surface area contributed by atoms with Crippen molar-refractivity contribution in [2.45, 2.75) is 13.5 Å². The minimum atomic E-state index is 0.0132. The molecule has 1 saturated heterocycles. The molecule has 0 unspecified atom stereocenters. The van der Waals surface area contributed by atoms with Gasteiger partial charge >= 0.3 is 0 Å². The molecule has 0 atom stereocenters. The van der Waals surface area contributed by atoms with Gasteiger partial charge in [-0.1, -0.05) is 24.3 Å². The van der Waals surface area contributed by atoms with Crippen molar-refractivity contribution in [1.29, 1.82) is 0 Å². The lowest BCUT2D eigenvalue weighted by molar-refractivity contribution is -0.127. The van der Waals surface area contributed by atoms with E-state index in [-0.39, 0.29) is 5.91 Å². The number of carbonyl (C=O) groups excluding carboxylic acids is 1. The first-order valence-electron chi connectivity index (χ1n) is 10.1. The van der Waals surface area contributed by atoms with Crippen molar-refractivity contribution in [2.24, 2.45) is 0 Å². The maximum absolute atomic E-state index is 12.7. The molecule has 1 fully saturated rings. The van der Waals surface area contributed by atoms with Gasteiger partial charge in [-0.15, -0.1) is 0 Å². The molecular formula is C24H30N2O4. The van der Waals surface area contributed by atoms with Crippen LogP contribution >= 0.6 is 0 Å². The van der Waals surface area contributed by atoms with Gasteiger partial charge in [-0.2, -0.15) is 0 Å². The van der Waals surface area contributed by atoms with E-state index in [0.717, 1.165) is 38.3 Å². The standard InChI is InChI=1S/C24H30N2O4/c1-18-7-5-6-8-20(18)17-25-11-13-26(14-12-25)23(27)10-9-19-15-21(28-2)24(30-4)22(16-19)29-3/h5-10,15-16H,11-14,17H2,1-4H3/b10-9+. The number of hydrogen-bond donors (Lipinski definition) is 0. The zero-order valence-electron chi connectivity index (χ0n) is 18.2. The molecule has 1 aliphatic heterocycles. The van der Waals surface area contributed by atoms with E-state index in [0.29, 0.717) is 17.2 Å². The maximum Gasteiger partial charge on any atom is 0.246 e. The Morgan fingerprint density at radius 2 is 1.60 bits per heavy atom. The van der Waals surface area contributed by atoms with Gasteiger partial charge < -0.3 is 19.1 Å². The molecule has 1 aliphatic rings. The van der Waals surface area contributed by atoms with E-state index in [2.05, 4.69) is 36.1 Å². The molecule has 2 aromatic rings. The highest BCUT2D eigenvalue weighted by Gasteiger charge is 2.20. The van der Waals surface area contributed by atoms with Gasteiger partial charge in [0.25, 0.3) is 0 Å². The Labute approximate surface area is 178 Å². The highest BCUT2D eigenvalue weighted by molar-refractivity contribution is 5.92. The van der Waals surface area contributed by atoms with Crippen LogP contribution in [-0.4, -0.2) is 63.2 Å². The minimum Gasteiger partial charge on any atom is -0.493 e. The van der Waals surface area contributed by atoms with E-state index < -0.39 is 0 Å². The number of rotatable bonds is 7. The van der Waals surface area contributed by atoms with Crippen LogP contribution in [0.15, 0.2) is 42.5 Å². The summed E-state index contributed by atoms with van der Waals surface area (Å²) in [5.74, 6) is 1.68. The molecule has 30 heavy (non-hydrogen) atoms. The molecule has 2 aromatic carbocycles. The normalized spacial score (nSPS) is 14.7. The monoisotopic (exact) mass is 410 g/mol. The Morgan fingerprint density at radius 1 is 0.967 bits per heavy atom. The van der Waals surface area contributed by atoms with Crippen LogP contribution in [0.25, 0.3) is 6.08 Å². The molecule has 0 saturated carbocycles. The van der Waals surface area contributed by atoms with Crippen molar-refractivity contribution in [3.05, 3.63) is 59.2 Å². The molecule has 0 aliphatic carbocycles. The number of amides is 1. The van der Waals surface area contributed by atoms with E-state index in [9.17, 15) is 4.79 Å². The summed E-state index contributed by atoms with van der Waals surface area (Å²) >= 11 is 0. The third-order valence-electron chi connectivity index (χ3n) is 5.44. The number of nitrogens with zero attached hydrogens (tertiary/aromatic N) is 2. The summed E-state index contributed by atoms with van der Waals surface area (Å²) < 4.78 is 16.1. The highest BCUT2D eigenvalue weighted by Crippen LogP contribution is 2.38. The van der Waals surface area contributed by atoms with Crippen molar-refractivity contribution >= 4 is 12.0 Å². The van der Waals surface area contributed by atoms with E-state index in [1.807, 2.05) is 17.0 Å². The third kappa shape index (κ3) is 5.13. The lowest BCUT2D eigenvalue weighted by atomic mass is 10.1. The molecule has 1 heterocycles. The van der Waals surface area contributed by atoms with Gasteiger partial charge in [0.05, 0.1) is 21.3 Å². The summed E-state index contributed by atoms with van der Waals surface area (Å²) in [6, 6.07) is 12.1. The Kier molecular flexibility index (Phi) is 7.36. The number of methoxy groups -OCH3 is 3. The van der Waals surface area contributed by atoms with Crippen molar-refractivity contribution in [1.82, 2.24) is 9.80 Å². The first-order chi connectivity index (χ1) is 14.5. The van der Waals surface area contributed by atoms with Crippen molar-refractivity contribution in [3.63, 3.8) is 0 Å². The van der Waals surface area contributed by atoms with Gasteiger partial charge in [-0.3, -0.25) is 9.69 Å². The van der Waals surface area contributed by atoms with E-state index in [1.54, 1.807) is 33.5 Å². The van der Waals surface area contributed by atoms with Crippen molar-refractivity contribution in [3.8, 4) is 17.2 Å². The maximum atomic E-state index is 12.7. The fraction of sp³-hybridized carbons (Fsp3) is 0.375. The SMILES string of the molecule is COc1cc(/C=C/C(=O)N2CCN(Cc3ccccc3C)CC2)cc(OC)c1OC. The van der Waals surface area contributed by atoms with Gasteiger partial charge in [0, 0.05) is 38.8 Å². The Hall–Kier alpha value is -2.99. The second-order valence-corrected chi connectivity index (χ2v) is 7.32. The number of carbonyl (C=O) groups is 1. The fourth-order valence-corrected chi connectivity index (χ4v) is 3.63. The summed E-state index contributed by atoms with van der Waals surface area (Å²) in [4.78, 5) is 16.9. The summed E-state index contributed by atoms with van der Waals surface area (Å²) in [5.41, 5.74) is 3.47. The molecule has 1 amide bonds. The number of aryl methyl sites for hydroxylation is 1. The molecule has 160 valence electrons. The molecular weight excluding hydrogens is 380 g/mol. The van der Waals surface area contributed by atoms with Crippen molar-refractivity contribution < 1.29 is 19.0 Å². The first kappa shape index (κ1) is 21.7. The average Bonchev–Trinajstić information content (AvgIpc) is 2.78. The van der Waals surface area contributed by atoms with Gasteiger partial charge in [0.15, 0.2) is 11.5 Å². The number of piperazine rings is 1. The molecule has 0 spiro atoms. The van der Waals surface area contributed by atoms with E-state index in [4.69, 9.17) is 14.2 Å². The number of benzene rings is 2. The quantitative estimate of drug-likeness (QED) is 0.655. The molecule has 6 heteroatoms. The molecule has 0 radical (unpaired) electrons. The second kappa shape index (κ2) is 10.2. The second-order valence-electron chi connectivity index (χ2n) is 7.32. The summed E-state index contributed by atoms with van der Waals surface area (Å²) in [6.45, 7) is 6.27. The highest BCUT2D eigenvalue weighted by atomic mass is 16.5. The van der Waals surface area contributed by atoms with Crippen LogP contribution < -0.4 is 14.2 Å².